The lowest BCUT2D eigenvalue weighted by Crippen LogP contribution is -2.03. The first-order valence-corrected chi connectivity index (χ1v) is 3.87. The van der Waals surface area contributed by atoms with E-state index in [1.807, 2.05) is 6.92 Å². The van der Waals surface area contributed by atoms with Gasteiger partial charge in [-0.3, -0.25) is 4.79 Å². The van der Waals surface area contributed by atoms with Gasteiger partial charge in [0.1, 0.15) is 11.6 Å². The summed E-state index contributed by atoms with van der Waals surface area (Å²) in [5.74, 6) is -0.304. The van der Waals surface area contributed by atoms with Gasteiger partial charge in [0.05, 0.1) is 0 Å². The molecule has 0 aliphatic heterocycles. The lowest BCUT2D eigenvalue weighted by molar-refractivity contribution is -0.118. The number of halogens is 1. The lowest BCUT2D eigenvalue weighted by Gasteiger charge is -2.06. The molecule has 0 aromatic heterocycles. The van der Waals surface area contributed by atoms with Crippen LogP contribution in [0.4, 0.5) is 4.39 Å². The van der Waals surface area contributed by atoms with E-state index < -0.39 is 0 Å². The zero-order valence-electron chi connectivity index (χ0n) is 7.17. The Hall–Kier alpha value is -1.18. The Kier molecular flexibility index (Phi) is 2.58. The predicted molar refractivity (Wildman–Crippen MR) is 45.5 cm³/mol. The number of hydrogen-bond acceptors (Lipinski definition) is 1. The average Bonchev–Trinajstić information content (AvgIpc) is 2.04. The van der Waals surface area contributed by atoms with E-state index >= 15 is 0 Å². The van der Waals surface area contributed by atoms with Crippen LogP contribution in [0.1, 0.15) is 25.3 Å². The topological polar surface area (TPSA) is 17.1 Å². The van der Waals surface area contributed by atoms with Crippen LogP contribution in [-0.4, -0.2) is 5.78 Å². The monoisotopic (exact) mass is 166 g/mol. The molecule has 0 aliphatic carbocycles. The molecule has 0 saturated carbocycles. The van der Waals surface area contributed by atoms with Gasteiger partial charge in [-0.25, -0.2) is 4.39 Å². The fourth-order valence-corrected chi connectivity index (χ4v) is 0.986. The molecule has 0 unspecified atom stereocenters. The molecule has 0 spiro atoms. The molecular formula is C10H11FO. The normalized spacial score (nSPS) is 12.6. The van der Waals surface area contributed by atoms with Crippen molar-refractivity contribution in [2.24, 2.45) is 0 Å². The van der Waals surface area contributed by atoms with Crippen LogP contribution >= 0.6 is 0 Å². The number of carbonyl (C=O) groups excluding carboxylic acids is 1. The Morgan fingerprint density at radius 1 is 1.33 bits per heavy atom. The fourth-order valence-electron chi connectivity index (χ4n) is 0.986. The van der Waals surface area contributed by atoms with Gasteiger partial charge in [-0.1, -0.05) is 19.1 Å². The van der Waals surface area contributed by atoms with Crippen LogP contribution in [0.3, 0.4) is 0 Å². The zero-order chi connectivity index (χ0) is 9.14. The van der Waals surface area contributed by atoms with Crippen LogP contribution in [0.15, 0.2) is 24.3 Å². The van der Waals surface area contributed by atoms with Crippen molar-refractivity contribution in [3.8, 4) is 0 Å². The number of rotatable bonds is 2. The second-order valence-electron chi connectivity index (χ2n) is 2.88. The summed E-state index contributed by atoms with van der Waals surface area (Å²) in [5, 5.41) is 0. The maximum atomic E-state index is 12.5. The standard InChI is InChI=1S/C10H11FO/c1-7(8(2)12)9-3-5-10(11)6-4-9/h3-7H,1-2H3/t7-/m0/s1. The summed E-state index contributed by atoms with van der Waals surface area (Å²) in [5.41, 5.74) is 0.865. The fraction of sp³-hybridized carbons (Fsp3) is 0.300. The van der Waals surface area contributed by atoms with Crippen molar-refractivity contribution in [2.75, 3.05) is 0 Å². The quantitative estimate of drug-likeness (QED) is 0.659. The molecule has 1 atom stereocenters. The second-order valence-corrected chi connectivity index (χ2v) is 2.88. The summed E-state index contributed by atoms with van der Waals surface area (Å²) in [6.45, 7) is 3.35. The highest BCUT2D eigenvalue weighted by Gasteiger charge is 2.09. The van der Waals surface area contributed by atoms with Crippen LogP contribution in [0, 0.1) is 5.82 Å². The molecule has 1 nitrogen and oxygen atoms in total. The Balaban J connectivity index is 2.89. The number of Topliss-reactive ketones (excluding diaryl/α,β-unsaturated/α-hetero) is 1. The first-order valence-electron chi connectivity index (χ1n) is 3.87. The van der Waals surface area contributed by atoms with E-state index in [4.69, 9.17) is 0 Å². The van der Waals surface area contributed by atoms with Gasteiger partial charge >= 0.3 is 0 Å². The smallest absolute Gasteiger partial charge is 0.136 e. The minimum Gasteiger partial charge on any atom is -0.299 e. The third-order valence-corrected chi connectivity index (χ3v) is 1.98. The van der Waals surface area contributed by atoms with Crippen LogP contribution in [0.5, 0.6) is 0 Å². The number of benzene rings is 1. The van der Waals surface area contributed by atoms with Gasteiger partial charge in [0.25, 0.3) is 0 Å². The lowest BCUT2D eigenvalue weighted by atomic mass is 9.98. The van der Waals surface area contributed by atoms with Gasteiger partial charge in [-0.05, 0) is 24.6 Å². The second kappa shape index (κ2) is 3.48. The van der Waals surface area contributed by atoms with Gasteiger partial charge in [0.2, 0.25) is 0 Å². The van der Waals surface area contributed by atoms with Crippen LogP contribution in [0.2, 0.25) is 0 Å². The molecule has 0 radical (unpaired) electrons. The maximum absolute atomic E-state index is 12.5. The van der Waals surface area contributed by atoms with Crippen molar-refractivity contribution in [1.29, 1.82) is 0 Å². The van der Waals surface area contributed by atoms with Gasteiger partial charge in [-0.2, -0.15) is 0 Å². The Labute approximate surface area is 71.2 Å². The number of ketones is 1. The highest BCUT2D eigenvalue weighted by Crippen LogP contribution is 2.15. The van der Waals surface area contributed by atoms with E-state index in [0.717, 1.165) is 5.56 Å². The summed E-state index contributed by atoms with van der Waals surface area (Å²) in [6.07, 6.45) is 0. The van der Waals surface area contributed by atoms with Crippen molar-refractivity contribution >= 4 is 5.78 Å². The molecule has 0 heterocycles. The molecule has 0 N–H and O–H groups in total. The molecule has 0 fully saturated rings. The highest BCUT2D eigenvalue weighted by atomic mass is 19.1. The molecule has 0 saturated heterocycles. The molecule has 64 valence electrons. The first kappa shape index (κ1) is 8.91. The van der Waals surface area contributed by atoms with Gasteiger partial charge in [0, 0.05) is 5.92 Å². The Morgan fingerprint density at radius 3 is 2.25 bits per heavy atom. The van der Waals surface area contributed by atoms with E-state index in [2.05, 4.69) is 0 Å². The average molecular weight is 166 g/mol. The predicted octanol–water partition coefficient (Wildman–Crippen LogP) is 2.52. The van der Waals surface area contributed by atoms with Crippen molar-refractivity contribution in [3.63, 3.8) is 0 Å². The van der Waals surface area contributed by atoms with Crippen molar-refractivity contribution in [1.82, 2.24) is 0 Å². The van der Waals surface area contributed by atoms with Crippen molar-refractivity contribution in [2.45, 2.75) is 19.8 Å². The SMILES string of the molecule is CC(=O)[C@H](C)c1ccc(F)cc1. The minimum atomic E-state index is -0.269. The Morgan fingerprint density at radius 2 is 1.83 bits per heavy atom. The zero-order valence-corrected chi connectivity index (χ0v) is 7.17. The molecule has 12 heavy (non-hydrogen) atoms. The summed E-state index contributed by atoms with van der Waals surface area (Å²) in [7, 11) is 0. The van der Waals surface area contributed by atoms with E-state index in [-0.39, 0.29) is 17.5 Å². The van der Waals surface area contributed by atoms with E-state index in [0.29, 0.717) is 0 Å². The largest absolute Gasteiger partial charge is 0.299 e. The molecule has 1 aromatic rings. The molecular weight excluding hydrogens is 155 g/mol. The van der Waals surface area contributed by atoms with E-state index in [1.165, 1.54) is 19.1 Å². The molecule has 2 heteroatoms. The first-order chi connectivity index (χ1) is 5.61. The van der Waals surface area contributed by atoms with Crippen LogP contribution in [-0.2, 0) is 4.79 Å². The molecule has 0 aliphatic rings. The van der Waals surface area contributed by atoms with Gasteiger partial charge in [0.15, 0.2) is 0 Å². The van der Waals surface area contributed by atoms with Gasteiger partial charge < -0.3 is 0 Å². The summed E-state index contributed by atoms with van der Waals surface area (Å²) in [4.78, 5) is 10.9. The van der Waals surface area contributed by atoms with Crippen LogP contribution in [0.25, 0.3) is 0 Å². The summed E-state index contributed by atoms with van der Waals surface area (Å²) < 4.78 is 12.5. The molecule has 0 amide bonds. The number of hydrogen-bond donors (Lipinski definition) is 0. The third kappa shape index (κ3) is 1.91. The number of carbonyl (C=O) groups is 1. The minimum absolute atomic E-state index is 0.0987. The van der Waals surface area contributed by atoms with Crippen molar-refractivity contribution in [3.05, 3.63) is 35.6 Å². The Bertz CT molecular complexity index is 276. The maximum Gasteiger partial charge on any atom is 0.136 e. The third-order valence-electron chi connectivity index (χ3n) is 1.98. The van der Waals surface area contributed by atoms with E-state index in [1.54, 1.807) is 12.1 Å². The molecule has 0 bridgehead atoms. The molecule has 1 rings (SSSR count). The molecule has 1 aromatic carbocycles. The summed E-state index contributed by atoms with van der Waals surface area (Å²) >= 11 is 0. The summed E-state index contributed by atoms with van der Waals surface area (Å²) in [6, 6.07) is 6.02. The van der Waals surface area contributed by atoms with Crippen LogP contribution < -0.4 is 0 Å². The highest BCUT2D eigenvalue weighted by molar-refractivity contribution is 5.82. The van der Waals surface area contributed by atoms with Crippen molar-refractivity contribution < 1.29 is 9.18 Å². The van der Waals surface area contributed by atoms with Gasteiger partial charge in [-0.15, -0.1) is 0 Å². The van der Waals surface area contributed by atoms with E-state index in [9.17, 15) is 9.18 Å².